The van der Waals surface area contributed by atoms with Gasteiger partial charge in [0.2, 0.25) is 0 Å². The fourth-order valence-electron chi connectivity index (χ4n) is 3.94. The van der Waals surface area contributed by atoms with E-state index in [1.165, 1.54) is 31.1 Å². The minimum atomic E-state index is -0.125. The van der Waals surface area contributed by atoms with Crippen molar-refractivity contribution in [1.29, 1.82) is 0 Å². The molecule has 1 heterocycles. The predicted molar refractivity (Wildman–Crippen MR) is 115 cm³/mol. The number of ketones is 1. The third-order valence-corrected chi connectivity index (χ3v) is 6.78. The molecular formula is C25H32NO2Pt-. The molecule has 0 radical (unpaired) electrons. The van der Waals surface area contributed by atoms with Crippen LogP contribution in [0.3, 0.4) is 0 Å². The van der Waals surface area contributed by atoms with Crippen molar-refractivity contribution in [3.63, 3.8) is 0 Å². The van der Waals surface area contributed by atoms with Gasteiger partial charge in [-0.05, 0) is 41.9 Å². The molecular weight excluding hydrogens is 541 g/mol. The normalized spacial score (nSPS) is 18.0. The van der Waals surface area contributed by atoms with E-state index in [-0.39, 0.29) is 48.9 Å². The summed E-state index contributed by atoms with van der Waals surface area (Å²) in [5, 5.41) is 8.36. The van der Waals surface area contributed by atoms with Gasteiger partial charge >= 0.3 is 0 Å². The summed E-state index contributed by atoms with van der Waals surface area (Å²) in [5.41, 5.74) is 5.43. The van der Waals surface area contributed by atoms with E-state index in [4.69, 9.17) is 5.11 Å². The number of fused-ring (bicyclic) bond motifs is 1. The van der Waals surface area contributed by atoms with Crippen LogP contribution in [0.25, 0.3) is 11.3 Å². The molecule has 1 aliphatic carbocycles. The van der Waals surface area contributed by atoms with Crippen molar-refractivity contribution in [2.45, 2.75) is 66.2 Å². The number of aromatic nitrogens is 1. The number of aliphatic hydroxyl groups is 1. The van der Waals surface area contributed by atoms with Gasteiger partial charge in [0.05, 0.1) is 5.76 Å². The van der Waals surface area contributed by atoms with Gasteiger partial charge in [0.1, 0.15) is 0 Å². The molecule has 0 spiro atoms. The van der Waals surface area contributed by atoms with E-state index in [0.717, 1.165) is 11.3 Å². The third kappa shape index (κ3) is 4.72. The van der Waals surface area contributed by atoms with E-state index in [2.05, 4.69) is 70.8 Å². The van der Waals surface area contributed by atoms with E-state index in [1.807, 2.05) is 18.3 Å². The summed E-state index contributed by atoms with van der Waals surface area (Å²) in [6.45, 7) is 17.1. The van der Waals surface area contributed by atoms with Crippen LogP contribution in [0.15, 0.2) is 48.4 Å². The van der Waals surface area contributed by atoms with Crippen molar-refractivity contribution < 1.29 is 31.0 Å². The molecule has 0 amide bonds. The molecule has 1 aromatic carbocycles. The molecule has 160 valence electrons. The van der Waals surface area contributed by atoms with Gasteiger partial charge in [0.15, 0.2) is 5.78 Å². The molecule has 3 nitrogen and oxygen atoms in total. The van der Waals surface area contributed by atoms with Crippen LogP contribution in [-0.2, 0) is 36.7 Å². The fraction of sp³-hybridized carbons (Fsp3) is 0.440. The number of aliphatic hydroxyl groups excluding tert-OH is 1. The number of hydrogen-bond donors (Lipinski definition) is 1. The van der Waals surface area contributed by atoms with Crippen molar-refractivity contribution in [3.05, 3.63) is 65.6 Å². The van der Waals surface area contributed by atoms with Gasteiger partial charge in [-0.15, -0.1) is 34.9 Å². The molecule has 0 bridgehead atoms. The van der Waals surface area contributed by atoms with E-state index in [1.54, 1.807) is 0 Å². The molecule has 1 aliphatic rings. The molecule has 0 saturated heterocycles. The Hall–Kier alpha value is -1.73. The molecule has 0 atom stereocenters. The second-order valence-corrected chi connectivity index (χ2v) is 9.16. The number of pyridine rings is 1. The van der Waals surface area contributed by atoms with Crippen molar-refractivity contribution in [1.82, 2.24) is 4.98 Å². The first-order chi connectivity index (χ1) is 12.8. The van der Waals surface area contributed by atoms with Crippen LogP contribution in [0, 0.1) is 11.5 Å². The zero-order valence-corrected chi connectivity index (χ0v) is 20.9. The summed E-state index contributed by atoms with van der Waals surface area (Å²) >= 11 is 0. The van der Waals surface area contributed by atoms with Crippen molar-refractivity contribution in [3.8, 4) is 11.3 Å². The summed E-state index contributed by atoms with van der Waals surface area (Å²) in [5.74, 6) is -0.0625. The predicted octanol–water partition coefficient (Wildman–Crippen LogP) is 6.18. The number of carbonyl (C=O) groups is 1. The quantitative estimate of drug-likeness (QED) is 0.265. The average Bonchev–Trinajstić information content (AvgIpc) is 2.70. The van der Waals surface area contributed by atoms with Crippen LogP contribution < -0.4 is 0 Å². The van der Waals surface area contributed by atoms with E-state index in [9.17, 15) is 4.79 Å². The molecule has 0 aliphatic heterocycles. The van der Waals surface area contributed by atoms with Gasteiger partial charge in [-0.2, -0.15) is 0 Å². The molecule has 2 aromatic rings. The fourth-order valence-corrected chi connectivity index (χ4v) is 3.94. The Morgan fingerprint density at radius 1 is 1.03 bits per heavy atom. The Kier molecular flexibility index (Phi) is 7.82. The van der Waals surface area contributed by atoms with Gasteiger partial charge in [0, 0.05) is 33.3 Å². The summed E-state index contributed by atoms with van der Waals surface area (Å²) in [4.78, 5) is 14.5. The number of rotatable bonds is 2. The molecule has 1 aromatic heterocycles. The first kappa shape index (κ1) is 25.3. The molecule has 1 N–H and O–H groups in total. The number of hydrogen-bond acceptors (Lipinski definition) is 3. The molecule has 29 heavy (non-hydrogen) atoms. The van der Waals surface area contributed by atoms with Gasteiger partial charge in [-0.25, -0.2) is 0 Å². The second kappa shape index (κ2) is 8.96. The zero-order chi connectivity index (χ0) is 21.3. The monoisotopic (exact) mass is 573 g/mol. The molecule has 0 saturated carbocycles. The van der Waals surface area contributed by atoms with Crippen molar-refractivity contribution in [2.24, 2.45) is 5.41 Å². The Balaban J connectivity index is 0.000000456. The summed E-state index contributed by atoms with van der Waals surface area (Å²) in [6, 6.07) is 14.0. The Bertz CT molecular complexity index is 892. The van der Waals surface area contributed by atoms with Gasteiger partial charge in [-0.3, -0.25) is 4.79 Å². The molecule has 0 unspecified atom stereocenters. The van der Waals surface area contributed by atoms with E-state index < -0.39 is 0 Å². The van der Waals surface area contributed by atoms with Gasteiger partial charge in [-0.1, -0.05) is 53.7 Å². The van der Waals surface area contributed by atoms with Crippen LogP contribution in [0.4, 0.5) is 0 Å². The summed E-state index contributed by atoms with van der Waals surface area (Å²) < 4.78 is 0. The maximum Gasteiger partial charge on any atom is 0.155 e. The molecule has 3 rings (SSSR count). The first-order valence-electron chi connectivity index (χ1n) is 9.68. The smallest absolute Gasteiger partial charge is 0.155 e. The average molecular weight is 574 g/mol. The number of nitrogens with zero attached hydrogens (tertiary/aromatic N) is 1. The first-order valence-corrected chi connectivity index (χ1v) is 9.68. The Labute approximate surface area is 189 Å². The third-order valence-electron chi connectivity index (χ3n) is 6.78. The topological polar surface area (TPSA) is 50.2 Å². The molecule has 0 fully saturated rings. The van der Waals surface area contributed by atoms with Crippen LogP contribution in [-0.4, -0.2) is 15.9 Å². The van der Waals surface area contributed by atoms with Crippen LogP contribution >= 0.6 is 0 Å². The largest absolute Gasteiger partial charge is 0.512 e. The minimum absolute atomic E-state index is 0. The maximum absolute atomic E-state index is 10.0. The number of allylic oxidation sites excluding steroid dienone is 2. The van der Waals surface area contributed by atoms with Gasteiger partial charge in [0.25, 0.3) is 0 Å². The Morgan fingerprint density at radius 3 is 2.07 bits per heavy atom. The van der Waals surface area contributed by atoms with E-state index >= 15 is 0 Å². The van der Waals surface area contributed by atoms with Crippen molar-refractivity contribution >= 4 is 5.78 Å². The Morgan fingerprint density at radius 2 is 1.62 bits per heavy atom. The standard InChI is InChI=1S/C20H24N.C5H8O2.Pt/c1-18(2)15-11-10-14(17-9-7-8-12-21-17)13-16(15)19(3,4)20(18,5)6;1-4(6)3-5(2)7;/h7-9,11-13H,1-6H3;3,6H,1-2H3;/q-1;;. The maximum atomic E-state index is 10.0. The van der Waals surface area contributed by atoms with Gasteiger partial charge < -0.3 is 10.1 Å². The van der Waals surface area contributed by atoms with E-state index in [0.29, 0.717) is 0 Å². The molecule has 4 heteroatoms. The minimum Gasteiger partial charge on any atom is -0.512 e. The van der Waals surface area contributed by atoms with Crippen LogP contribution in [0.1, 0.15) is 66.5 Å². The summed E-state index contributed by atoms with van der Waals surface area (Å²) in [7, 11) is 0. The number of carbonyl (C=O) groups excluding carboxylic acids is 1. The van der Waals surface area contributed by atoms with Crippen LogP contribution in [0.2, 0.25) is 0 Å². The number of benzene rings is 1. The van der Waals surface area contributed by atoms with Crippen molar-refractivity contribution in [2.75, 3.05) is 0 Å². The summed E-state index contributed by atoms with van der Waals surface area (Å²) in [6.07, 6.45) is 3.01. The second-order valence-electron chi connectivity index (χ2n) is 9.16. The van der Waals surface area contributed by atoms with Crippen LogP contribution in [0.5, 0.6) is 0 Å². The SMILES string of the molecule is CC(=O)C=C(C)O.CC1(C)c2c[c-]c(-c3ccccn3)cc2C(C)(C)C1(C)C.[Pt]. The zero-order valence-electron chi connectivity index (χ0n) is 18.7.